The van der Waals surface area contributed by atoms with E-state index in [1.807, 2.05) is 26.0 Å². The molecule has 144 valence electrons. The number of nitrogens with one attached hydrogen (secondary N) is 1. The number of carboxylic acid groups (broad SMARTS) is 1. The first-order valence-corrected chi connectivity index (χ1v) is 9.31. The van der Waals surface area contributed by atoms with Gasteiger partial charge in [-0.15, -0.1) is 0 Å². The highest BCUT2D eigenvalue weighted by Crippen LogP contribution is 2.28. The number of halogens is 1. The number of anilines is 3. The molecule has 2 aromatic heterocycles. The normalized spacial score (nSPS) is 16.3. The second-order valence-corrected chi connectivity index (χ2v) is 8.10. The Kier molecular flexibility index (Phi) is 5.14. The van der Waals surface area contributed by atoms with Crippen LogP contribution in [0.4, 0.5) is 22.0 Å². The smallest absolute Gasteiger partial charge is 0.407 e. The summed E-state index contributed by atoms with van der Waals surface area (Å²) >= 11 is 3.38. The second kappa shape index (κ2) is 7.22. The summed E-state index contributed by atoms with van der Waals surface area (Å²) in [4.78, 5) is 31.4. The Morgan fingerprint density at radius 1 is 1.33 bits per heavy atom. The Hall–Kier alpha value is -2.55. The van der Waals surface area contributed by atoms with Gasteiger partial charge in [0.05, 0.1) is 17.4 Å². The zero-order valence-electron chi connectivity index (χ0n) is 15.4. The van der Waals surface area contributed by atoms with Gasteiger partial charge in [0.1, 0.15) is 11.5 Å². The van der Waals surface area contributed by atoms with E-state index in [0.29, 0.717) is 31.1 Å². The maximum absolute atomic E-state index is 12.2. The average Bonchev–Trinajstić information content (AvgIpc) is 2.59. The molecule has 0 saturated carbocycles. The summed E-state index contributed by atoms with van der Waals surface area (Å²) in [6.45, 7) is 5.50. The third kappa shape index (κ3) is 4.08. The highest BCUT2D eigenvalue weighted by Gasteiger charge is 2.35. The lowest BCUT2D eigenvalue weighted by Gasteiger charge is -2.47. The fraction of sp³-hybridized carbons (Fsp3) is 0.389. The van der Waals surface area contributed by atoms with Crippen molar-refractivity contribution in [2.24, 2.45) is 7.05 Å². The Morgan fingerprint density at radius 2 is 2.07 bits per heavy atom. The van der Waals surface area contributed by atoms with Gasteiger partial charge in [0, 0.05) is 37.4 Å². The van der Waals surface area contributed by atoms with E-state index in [-0.39, 0.29) is 11.1 Å². The predicted octanol–water partition coefficient (Wildman–Crippen LogP) is 2.87. The van der Waals surface area contributed by atoms with Gasteiger partial charge in [-0.25, -0.2) is 9.78 Å². The van der Waals surface area contributed by atoms with E-state index in [1.54, 1.807) is 25.5 Å². The topological polar surface area (TPSA) is 90.7 Å². The monoisotopic (exact) mass is 435 g/mol. The summed E-state index contributed by atoms with van der Waals surface area (Å²) in [5.41, 5.74) is 0.864. The highest BCUT2D eigenvalue weighted by atomic mass is 79.9. The molecule has 9 heteroatoms. The summed E-state index contributed by atoms with van der Waals surface area (Å²) in [5, 5.41) is 12.3. The van der Waals surface area contributed by atoms with Crippen LogP contribution in [0, 0.1) is 0 Å². The van der Waals surface area contributed by atoms with Crippen molar-refractivity contribution in [2.75, 3.05) is 29.9 Å². The van der Waals surface area contributed by atoms with Crippen molar-refractivity contribution in [3.63, 3.8) is 0 Å². The first kappa shape index (κ1) is 19.2. The molecule has 1 amide bonds. The molecule has 1 aliphatic rings. The van der Waals surface area contributed by atoms with Gasteiger partial charge in [-0.2, -0.15) is 0 Å². The van der Waals surface area contributed by atoms with Crippen molar-refractivity contribution in [1.29, 1.82) is 0 Å². The standard InChI is InChI=1S/C18H22BrN5O3/c1-18(2)11-23(17(26)27)6-7-24(18)13-4-5-15(20-9-13)21-14-8-12(19)10-22(3)16(14)25/h4-5,8-10H,6-7,11H2,1-3H3,(H,20,21)(H,26,27). The van der Waals surface area contributed by atoms with Gasteiger partial charge in [-0.1, -0.05) is 0 Å². The molecule has 1 saturated heterocycles. The van der Waals surface area contributed by atoms with Crippen LogP contribution in [0.2, 0.25) is 0 Å². The van der Waals surface area contributed by atoms with Crippen LogP contribution in [0.15, 0.2) is 39.9 Å². The molecule has 0 atom stereocenters. The summed E-state index contributed by atoms with van der Waals surface area (Å²) in [6, 6.07) is 5.46. The number of rotatable bonds is 3. The molecular formula is C18H22BrN5O3. The number of piperazine rings is 1. The first-order chi connectivity index (χ1) is 12.7. The van der Waals surface area contributed by atoms with Crippen LogP contribution >= 0.6 is 15.9 Å². The van der Waals surface area contributed by atoms with E-state index in [2.05, 4.69) is 31.1 Å². The maximum atomic E-state index is 12.2. The van der Waals surface area contributed by atoms with Crippen LogP contribution < -0.4 is 15.8 Å². The van der Waals surface area contributed by atoms with Gasteiger partial charge in [-0.3, -0.25) is 4.79 Å². The maximum Gasteiger partial charge on any atom is 0.407 e. The van der Waals surface area contributed by atoms with E-state index < -0.39 is 6.09 Å². The number of hydrogen-bond acceptors (Lipinski definition) is 5. The molecule has 2 N–H and O–H groups in total. The lowest BCUT2D eigenvalue weighted by atomic mass is 9.98. The number of nitrogens with zero attached hydrogens (tertiary/aromatic N) is 4. The summed E-state index contributed by atoms with van der Waals surface area (Å²) in [7, 11) is 1.69. The molecule has 0 radical (unpaired) electrons. The highest BCUT2D eigenvalue weighted by molar-refractivity contribution is 9.10. The zero-order valence-corrected chi connectivity index (χ0v) is 17.0. The van der Waals surface area contributed by atoms with Crippen molar-refractivity contribution in [3.05, 3.63) is 45.4 Å². The third-order valence-electron chi connectivity index (χ3n) is 4.64. The molecule has 3 heterocycles. The largest absolute Gasteiger partial charge is 0.465 e. The number of carbonyl (C=O) groups is 1. The van der Waals surface area contributed by atoms with Crippen molar-refractivity contribution in [2.45, 2.75) is 19.4 Å². The second-order valence-electron chi connectivity index (χ2n) is 7.18. The predicted molar refractivity (Wildman–Crippen MR) is 108 cm³/mol. The van der Waals surface area contributed by atoms with Crippen LogP contribution in [-0.2, 0) is 7.05 Å². The Labute approximate surface area is 165 Å². The van der Waals surface area contributed by atoms with Gasteiger partial charge in [0.25, 0.3) is 5.56 Å². The van der Waals surface area contributed by atoms with E-state index in [9.17, 15) is 14.7 Å². The molecule has 2 aromatic rings. The van der Waals surface area contributed by atoms with E-state index in [4.69, 9.17) is 0 Å². The summed E-state index contributed by atoms with van der Waals surface area (Å²) in [6.07, 6.45) is 2.54. The molecule has 0 bridgehead atoms. The quantitative estimate of drug-likeness (QED) is 0.769. The van der Waals surface area contributed by atoms with Crippen molar-refractivity contribution < 1.29 is 9.90 Å². The van der Waals surface area contributed by atoms with Crippen molar-refractivity contribution in [3.8, 4) is 0 Å². The van der Waals surface area contributed by atoms with Gasteiger partial charge < -0.3 is 24.8 Å². The zero-order chi connectivity index (χ0) is 19.8. The van der Waals surface area contributed by atoms with Crippen LogP contribution in [0.1, 0.15) is 13.8 Å². The number of amides is 1. The molecule has 0 spiro atoms. The number of aryl methyl sites for hydroxylation is 1. The molecule has 8 nitrogen and oxygen atoms in total. The Morgan fingerprint density at radius 3 is 2.67 bits per heavy atom. The molecule has 27 heavy (non-hydrogen) atoms. The van der Waals surface area contributed by atoms with Gasteiger partial charge >= 0.3 is 6.09 Å². The fourth-order valence-electron chi connectivity index (χ4n) is 3.31. The lowest BCUT2D eigenvalue weighted by Crippen LogP contribution is -2.60. The Balaban J connectivity index is 1.78. The molecule has 1 aliphatic heterocycles. The van der Waals surface area contributed by atoms with Crippen LogP contribution in [0.25, 0.3) is 0 Å². The molecular weight excluding hydrogens is 414 g/mol. The third-order valence-corrected chi connectivity index (χ3v) is 5.08. The summed E-state index contributed by atoms with van der Waals surface area (Å²) < 4.78 is 2.28. The Bertz CT molecular complexity index is 910. The van der Waals surface area contributed by atoms with Crippen molar-refractivity contribution >= 4 is 39.2 Å². The minimum Gasteiger partial charge on any atom is -0.465 e. The number of aromatic nitrogens is 2. The minimum absolute atomic E-state index is 0.144. The van der Waals surface area contributed by atoms with Crippen LogP contribution in [0.5, 0.6) is 0 Å². The van der Waals surface area contributed by atoms with Crippen LogP contribution in [0.3, 0.4) is 0 Å². The molecule has 1 fully saturated rings. The van der Waals surface area contributed by atoms with Gasteiger partial charge in [-0.05, 0) is 48.0 Å². The van der Waals surface area contributed by atoms with Crippen LogP contribution in [-0.4, -0.2) is 50.8 Å². The minimum atomic E-state index is -0.893. The number of pyridine rings is 2. The van der Waals surface area contributed by atoms with E-state index in [1.165, 1.54) is 9.47 Å². The van der Waals surface area contributed by atoms with Gasteiger partial charge in [0.15, 0.2) is 0 Å². The van der Waals surface area contributed by atoms with Gasteiger partial charge in [0.2, 0.25) is 0 Å². The molecule has 0 aliphatic carbocycles. The van der Waals surface area contributed by atoms with Crippen molar-refractivity contribution in [1.82, 2.24) is 14.5 Å². The van der Waals surface area contributed by atoms with E-state index >= 15 is 0 Å². The SMILES string of the molecule is Cn1cc(Br)cc(Nc2ccc(N3CCN(C(=O)O)CC3(C)C)cn2)c1=O. The number of hydrogen-bond donors (Lipinski definition) is 2. The fourth-order valence-corrected chi connectivity index (χ4v) is 3.85. The van der Waals surface area contributed by atoms with E-state index in [0.717, 1.165) is 10.2 Å². The lowest BCUT2D eigenvalue weighted by molar-refractivity contribution is 0.123. The summed E-state index contributed by atoms with van der Waals surface area (Å²) in [5.74, 6) is 0.566. The first-order valence-electron chi connectivity index (χ1n) is 8.52. The molecule has 0 unspecified atom stereocenters. The molecule has 3 rings (SSSR count). The average molecular weight is 436 g/mol. The molecule has 0 aromatic carbocycles.